The van der Waals surface area contributed by atoms with Gasteiger partial charge < -0.3 is 5.32 Å². The summed E-state index contributed by atoms with van der Waals surface area (Å²) in [6.07, 6.45) is 3.32. The fourth-order valence-electron chi connectivity index (χ4n) is 2.85. The molecule has 1 aromatic carbocycles. The number of halogens is 2. The third-order valence-electron chi connectivity index (χ3n) is 3.91. The molecule has 1 N–H and O–H groups in total. The lowest BCUT2D eigenvalue weighted by Gasteiger charge is -2.31. The highest BCUT2D eigenvalue weighted by molar-refractivity contribution is 7.92. The molecule has 1 aliphatic heterocycles. The minimum Gasteiger partial charge on any atom is -0.309 e. The van der Waals surface area contributed by atoms with Crippen molar-refractivity contribution in [2.24, 2.45) is 0 Å². The van der Waals surface area contributed by atoms with Crippen LogP contribution in [-0.4, -0.2) is 26.0 Å². The molecule has 1 aromatic rings. The van der Waals surface area contributed by atoms with Crippen molar-refractivity contribution in [3.63, 3.8) is 0 Å². The van der Waals surface area contributed by atoms with Crippen LogP contribution in [0.1, 0.15) is 44.2 Å². The molecule has 0 radical (unpaired) electrons. The lowest BCUT2D eigenvalue weighted by atomic mass is 9.99. The smallest absolute Gasteiger partial charge is 0.155 e. The third-order valence-corrected chi connectivity index (χ3v) is 6.76. The normalized spacial score (nSPS) is 22.9. The molecule has 2 unspecified atom stereocenters. The zero-order valence-electron chi connectivity index (χ0n) is 12.1. The predicted octanol–water partition coefficient (Wildman–Crippen LogP) is 4.00. The summed E-state index contributed by atoms with van der Waals surface area (Å²) in [6.45, 7) is 2.82. The van der Waals surface area contributed by atoms with Gasteiger partial charge in [-0.15, -0.1) is 0 Å². The molecule has 6 heteroatoms. The molecular formula is C15H21Cl2NO2S. The molecule has 0 amide bonds. The first-order valence-electron chi connectivity index (χ1n) is 7.35. The topological polar surface area (TPSA) is 46.2 Å². The molecular weight excluding hydrogens is 329 g/mol. The number of hydrogen-bond acceptors (Lipinski definition) is 3. The van der Waals surface area contributed by atoms with E-state index in [-0.39, 0.29) is 11.8 Å². The van der Waals surface area contributed by atoms with Gasteiger partial charge in [0.15, 0.2) is 9.84 Å². The van der Waals surface area contributed by atoms with E-state index in [4.69, 9.17) is 23.2 Å². The quantitative estimate of drug-likeness (QED) is 0.873. The van der Waals surface area contributed by atoms with Crippen LogP contribution in [0.15, 0.2) is 18.2 Å². The number of hydrogen-bond donors (Lipinski definition) is 1. The summed E-state index contributed by atoms with van der Waals surface area (Å²) in [5.41, 5.74) is 0.824. The van der Waals surface area contributed by atoms with E-state index in [1.54, 1.807) is 12.1 Å². The summed E-state index contributed by atoms with van der Waals surface area (Å²) in [6, 6.07) is 5.01. The molecule has 1 saturated heterocycles. The largest absolute Gasteiger partial charge is 0.309 e. The van der Waals surface area contributed by atoms with Gasteiger partial charge in [-0.3, -0.25) is 0 Å². The van der Waals surface area contributed by atoms with Gasteiger partial charge in [0.1, 0.15) is 0 Å². The maximum absolute atomic E-state index is 12.4. The van der Waals surface area contributed by atoms with E-state index >= 15 is 0 Å². The van der Waals surface area contributed by atoms with E-state index in [1.807, 2.05) is 6.07 Å². The molecule has 2 atom stereocenters. The molecule has 1 aliphatic rings. The minimum atomic E-state index is -3.08. The Morgan fingerprint density at radius 1 is 1.33 bits per heavy atom. The van der Waals surface area contributed by atoms with E-state index in [0.29, 0.717) is 16.5 Å². The summed E-state index contributed by atoms with van der Waals surface area (Å²) < 4.78 is 24.9. The monoisotopic (exact) mass is 349 g/mol. The van der Waals surface area contributed by atoms with Crippen LogP contribution in [-0.2, 0) is 9.84 Å². The van der Waals surface area contributed by atoms with Crippen LogP contribution < -0.4 is 5.32 Å². The Labute approximate surface area is 136 Å². The Morgan fingerprint density at radius 2 is 2.10 bits per heavy atom. The third kappa shape index (κ3) is 4.13. The lowest BCUT2D eigenvalue weighted by molar-refractivity contribution is 0.446. The van der Waals surface area contributed by atoms with Gasteiger partial charge in [-0.2, -0.15) is 0 Å². The van der Waals surface area contributed by atoms with Gasteiger partial charge in [0.25, 0.3) is 0 Å². The number of sulfone groups is 1. The molecule has 0 aliphatic carbocycles. The molecule has 1 heterocycles. The van der Waals surface area contributed by atoms with Gasteiger partial charge in [-0.1, -0.05) is 42.6 Å². The van der Waals surface area contributed by atoms with Crippen LogP contribution in [0.2, 0.25) is 10.0 Å². The summed E-state index contributed by atoms with van der Waals surface area (Å²) in [4.78, 5) is 0. The van der Waals surface area contributed by atoms with Crippen molar-refractivity contribution < 1.29 is 8.42 Å². The second-order valence-electron chi connectivity index (χ2n) is 5.50. The average molecular weight is 350 g/mol. The zero-order valence-corrected chi connectivity index (χ0v) is 14.4. The fraction of sp³-hybridized carbons (Fsp3) is 0.600. The minimum absolute atomic E-state index is 0.264. The number of rotatable bonds is 5. The van der Waals surface area contributed by atoms with Gasteiger partial charge in [0.05, 0.1) is 17.0 Å². The summed E-state index contributed by atoms with van der Waals surface area (Å²) >= 11 is 12.2. The Morgan fingerprint density at radius 3 is 2.71 bits per heavy atom. The molecule has 0 aromatic heterocycles. The van der Waals surface area contributed by atoms with E-state index < -0.39 is 15.1 Å². The number of benzene rings is 1. The predicted molar refractivity (Wildman–Crippen MR) is 88.9 cm³/mol. The van der Waals surface area contributed by atoms with E-state index in [9.17, 15) is 8.42 Å². The maximum atomic E-state index is 12.4. The van der Waals surface area contributed by atoms with Crippen molar-refractivity contribution >= 4 is 33.0 Å². The average Bonchev–Trinajstić information content (AvgIpc) is 2.42. The zero-order chi connectivity index (χ0) is 15.5. The first kappa shape index (κ1) is 17.1. The van der Waals surface area contributed by atoms with Gasteiger partial charge in [0, 0.05) is 10.0 Å². The molecule has 0 saturated carbocycles. The van der Waals surface area contributed by atoms with Crippen LogP contribution >= 0.6 is 23.2 Å². The summed E-state index contributed by atoms with van der Waals surface area (Å²) in [7, 11) is -3.08. The van der Waals surface area contributed by atoms with E-state index in [2.05, 4.69) is 12.2 Å². The molecule has 3 nitrogen and oxygen atoms in total. The second-order valence-corrected chi connectivity index (χ2v) is 8.68. The Balaban J connectivity index is 2.37. The van der Waals surface area contributed by atoms with Crippen molar-refractivity contribution in [2.75, 3.05) is 12.3 Å². The highest BCUT2D eigenvalue weighted by Gasteiger charge is 2.36. The summed E-state index contributed by atoms with van der Waals surface area (Å²) in [5, 5.41) is 4.04. The Kier molecular flexibility index (Phi) is 5.95. The van der Waals surface area contributed by atoms with E-state index in [0.717, 1.165) is 31.4 Å². The second kappa shape index (κ2) is 7.32. The SMILES string of the molecule is CCCNC(c1ccc(Cl)cc1Cl)C1CCCCS1(=O)=O. The molecule has 1 fully saturated rings. The van der Waals surface area contributed by atoms with Crippen LogP contribution in [0.25, 0.3) is 0 Å². The molecule has 0 spiro atoms. The van der Waals surface area contributed by atoms with Crippen LogP contribution in [0.5, 0.6) is 0 Å². The van der Waals surface area contributed by atoms with Crippen LogP contribution in [0.4, 0.5) is 0 Å². The molecule has 118 valence electrons. The fourth-order valence-corrected chi connectivity index (χ4v) is 5.47. The van der Waals surface area contributed by atoms with Crippen molar-refractivity contribution in [1.29, 1.82) is 0 Å². The van der Waals surface area contributed by atoms with Crippen molar-refractivity contribution in [3.8, 4) is 0 Å². The summed E-state index contributed by atoms with van der Waals surface area (Å²) in [5.74, 6) is 0.271. The highest BCUT2D eigenvalue weighted by Crippen LogP contribution is 2.35. The number of nitrogens with one attached hydrogen (secondary N) is 1. The van der Waals surface area contributed by atoms with Crippen molar-refractivity contribution in [3.05, 3.63) is 33.8 Å². The van der Waals surface area contributed by atoms with Crippen LogP contribution in [0.3, 0.4) is 0 Å². The van der Waals surface area contributed by atoms with Gasteiger partial charge in [-0.25, -0.2) is 8.42 Å². The molecule has 0 bridgehead atoms. The van der Waals surface area contributed by atoms with E-state index in [1.165, 1.54) is 0 Å². The lowest BCUT2D eigenvalue weighted by Crippen LogP contribution is -2.41. The Hall–Kier alpha value is -0.290. The van der Waals surface area contributed by atoms with Crippen molar-refractivity contribution in [1.82, 2.24) is 5.32 Å². The Bertz CT molecular complexity index is 589. The first-order valence-corrected chi connectivity index (χ1v) is 9.82. The molecule has 2 rings (SSSR count). The standard InChI is InChI=1S/C15H21Cl2NO2S/c1-2-8-18-15(12-7-6-11(16)10-13(12)17)14-5-3-4-9-21(14,19)20/h6-7,10,14-15,18H,2-5,8-9H2,1H3. The van der Waals surface area contributed by atoms with Gasteiger partial charge in [-0.05, 0) is 43.5 Å². The van der Waals surface area contributed by atoms with Gasteiger partial charge >= 0.3 is 0 Å². The van der Waals surface area contributed by atoms with Crippen LogP contribution in [0, 0.1) is 0 Å². The van der Waals surface area contributed by atoms with Gasteiger partial charge in [0.2, 0.25) is 0 Å². The maximum Gasteiger partial charge on any atom is 0.155 e. The molecule has 21 heavy (non-hydrogen) atoms. The first-order chi connectivity index (χ1) is 9.95. The van der Waals surface area contributed by atoms with Crippen molar-refractivity contribution in [2.45, 2.75) is 43.9 Å². The highest BCUT2D eigenvalue weighted by atomic mass is 35.5.